The summed E-state index contributed by atoms with van der Waals surface area (Å²) >= 11 is 0. The molecule has 0 fully saturated rings. The van der Waals surface area contributed by atoms with Crippen molar-refractivity contribution in [2.45, 2.75) is 44.6 Å². The Morgan fingerprint density at radius 2 is 1.95 bits per heavy atom. The average Bonchev–Trinajstić information content (AvgIpc) is 2.35. The largest absolute Gasteiger partial charge is 0.491 e. The number of para-hydroxylation sites is 1. The molecule has 0 bridgehead atoms. The van der Waals surface area contributed by atoms with Crippen molar-refractivity contribution in [2.24, 2.45) is 10.7 Å². The molecule has 1 aliphatic rings. The maximum absolute atomic E-state index is 12.4. The molecule has 1 aromatic rings. The van der Waals surface area contributed by atoms with Gasteiger partial charge in [-0.2, -0.15) is 0 Å². The van der Waals surface area contributed by atoms with Crippen molar-refractivity contribution in [2.75, 3.05) is 5.75 Å². The highest BCUT2D eigenvalue weighted by Gasteiger charge is 2.44. The number of rotatable bonds is 3. The van der Waals surface area contributed by atoms with E-state index in [2.05, 4.69) is 4.99 Å². The first-order chi connectivity index (χ1) is 9.65. The van der Waals surface area contributed by atoms with Gasteiger partial charge in [0.25, 0.3) is 0 Å². The van der Waals surface area contributed by atoms with E-state index < -0.39 is 20.6 Å². The molecule has 5 nitrogen and oxygen atoms in total. The van der Waals surface area contributed by atoms with Gasteiger partial charge < -0.3 is 10.5 Å². The van der Waals surface area contributed by atoms with Gasteiger partial charge in [0, 0.05) is 5.56 Å². The normalized spacial score (nSPS) is 23.7. The Kier molecular flexibility index (Phi) is 4.02. The first-order valence-corrected chi connectivity index (χ1v) is 8.62. The van der Waals surface area contributed by atoms with Crippen LogP contribution in [0.15, 0.2) is 29.3 Å². The Labute approximate surface area is 126 Å². The highest BCUT2D eigenvalue weighted by molar-refractivity contribution is 7.93. The fourth-order valence-electron chi connectivity index (χ4n) is 2.21. The summed E-state index contributed by atoms with van der Waals surface area (Å²) in [6.07, 6.45) is 0.00381. The van der Waals surface area contributed by atoms with Crippen LogP contribution >= 0.6 is 0 Å². The first kappa shape index (κ1) is 15.8. The lowest BCUT2D eigenvalue weighted by atomic mass is 10.1. The van der Waals surface area contributed by atoms with Gasteiger partial charge in [0.05, 0.1) is 17.9 Å². The van der Waals surface area contributed by atoms with Crippen LogP contribution in [0.25, 0.3) is 0 Å². The van der Waals surface area contributed by atoms with Gasteiger partial charge in [0.15, 0.2) is 9.84 Å². The first-order valence-electron chi connectivity index (χ1n) is 6.97. The molecule has 2 N–H and O–H groups in total. The zero-order chi connectivity index (χ0) is 15.8. The van der Waals surface area contributed by atoms with E-state index in [-0.39, 0.29) is 17.7 Å². The molecule has 1 atom stereocenters. The molecule has 0 spiro atoms. The van der Waals surface area contributed by atoms with Crippen LogP contribution in [0.5, 0.6) is 5.75 Å². The van der Waals surface area contributed by atoms with Crippen LogP contribution in [0.1, 0.15) is 39.3 Å². The monoisotopic (exact) mass is 310 g/mol. The third-order valence-corrected chi connectivity index (χ3v) is 6.23. The molecule has 1 heterocycles. The molecule has 0 saturated carbocycles. The second kappa shape index (κ2) is 5.33. The minimum atomic E-state index is -3.36. The highest BCUT2D eigenvalue weighted by atomic mass is 32.2. The van der Waals surface area contributed by atoms with E-state index in [1.165, 1.54) is 0 Å². The Morgan fingerprint density at radius 1 is 1.33 bits per heavy atom. The molecule has 0 saturated heterocycles. The summed E-state index contributed by atoms with van der Waals surface area (Å²) in [4.78, 5) is 4.40. The summed E-state index contributed by atoms with van der Waals surface area (Å²) in [7, 11) is -3.36. The summed E-state index contributed by atoms with van der Waals surface area (Å²) in [5.41, 5.74) is 6.65. The van der Waals surface area contributed by atoms with Crippen LogP contribution in [-0.4, -0.2) is 30.9 Å². The van der Waals surface area contributed by atoms with E-state index in [1.807, 2.05) is 38.1 Å². The number of aliphatic imine (C=N–C) groups is 1. The van der Waals surface area contributed by atoms with E-state index in [0.29, 0.717) is 5.75 Å². The van der Waals surface area contributed by atoms with Gasteiger partial charge in [-0.25, -0.2) is 8.42 Å². The fourth-order valence-corrected chi connectivity index (χ4v) is 3.67. The lowest BCUT2D eigenvalue weighted by Crippen LogP contribution is -2.50. The summed E-state index contributed by atoms with van der Waals surface area (Å²) in [5, 5.41) is 0. The number of hydrogen-bond donors (Lipinski definition) is 1. The number of benzene rings is 1. The van der Waals surface area contributed by atoms with Gasteiger partial charge in [-0.1, -0.05) is 18.2 Å². The predicted molar refractivity (Wildman–Crippen MR) is 84.4 cm³/mol. The molecule has 2 rings (SSSR count). The number of nitrogens with two attached hydrogens (primary N) is 1. The van der Waals surface area contributed by atoms with Crippen molar-refractivity contribution >= 4 is 15.7 Å². The summed E-state index contributed by atoms with van der Waals surface area (Å²) in [5.74, 6) is 0.751. The second-order valence-electron chi connectivity index (χ2n) is 6.03. The van der Waals surface area contributed by atoms with E-state index in [9.17, 15) is 8.42 Å². The highest BCUT2D eigenvalue weighted by Crippen LogP contribution is 2.35. The van der Waals surface area contributed by atoms with Crippen molar-refractivity contribution < 1.29 is 13.2 Å². The van der Waals surface area contributed by atoms with Crippen LogP contribution in [0, 0.1) is 0 Å². The van der Waals surface area contributed by atoms with Crippen LogP contribution in [-0.2, 0) is 9.84 Å². The van der Waals surface area contributed by atoms with E-state index in [1.54, 1.807) is 13.8 Å². The van der Waals surface area contributed by atoms with Crippen LogP contribution in [0.4, 0.5) is 0 Å². The maximum Gasteiger partial charge on any atom is 0.165 e. The van der Waals surface area contributed by atoms with Crippen LogP contribution < -0.4 is 10.5 Å². The summed E-state index contributed by atoms with van der Waals surface area (Å²) < 4.78 is 29.5. The lowest BCUT2D eigenvalue weighted by molar-refractivity contribution is 0.239. The third kappa shape index (κ3) is 2.90. The molecule has 0 aromatic heterocycles. The number of amidine groups is 1. The Bertz CT molecular complexity index is 663. The van der Waals surface area contributed by atoms with Gasteiger partial charge >= 0.3 is 0 Å². The molecule has 0 amide bonds. The van der Waals surface area contributed by atoms with Gasteiger partial charge in [-0.05, 0) is 33.8 Å². The zero-order valence-corrected chi connectivity index (χ0v) is 13.6. The van der Waals surface area contributed by atoms with E-state index >= 15 is 0 Å². The molecule has 0 unspecified atom stereocenters. The van der Waals surface area contributed by atoms with Gasteiger partial charge in [-0.15, -0.1) is 0 Å². The number of sulfone groups is 1. The van der Waals surface area contributed by atoms with Crippen LogP contribution in [0.3, 0.4) is 0 Å². The minimum Gasteiger partial charge on any atom is -0.491 e. The van der Waals surface area contributed by atoms with Gasteiger partial charge in [0.1, 0.15) is 16.3 Å². The van der Waals surface area contributed by atoms with E-state index in [4.69, 9.17) is 10.5 Å². The Balaban J connectivity index is 2.47. The number of nitrogens with zero attached hydrogens (tertiary/aromatic N) is 1. The maximum atomic E-state index is 12.4. The Morgan fingerprint density at radius 3 is 2.52 bits per heavy atom. The molecule has 1 aliphatic heterocycles. The minimum absolute atomic E-state index is 0.00381. The topological polar surface area (TPSA) is 81.8 Å². The second-order valence-corrected chi connectivity index (χ2v) is 8.61. The SMILES string of the molecule is CC(C)Oc1ccccc1[C@@H]1CS(=O)(=O)C(C)(C)C(N)=N1. The third-order valence-electron chi connectivity index (χ3n) is 3.71. The Hall–Kier alpha value is -1.56. The molecular formula is C15H22N2O3S. The molecule has 116 valence electrons. The van der Waals surface area contributed by atoms with Crippen molar-refractivity contribution in [1.82, 2.24) is 0 Å². The van der Waals surface area contributed by atoms with Crippen molar-refractivity contribution in [1.29, 1.82) is 0 Å². The molecule has 0 radical (unpaired) electrons. The quantitative estimate of drug-likeness (QED) is 0.926. The van der Waals surface area contributed by atoms with E-state index in [0.717, 1.165) is 5.56 Å². The fraction of sp³-hybridized carbons (Fsp3) is 0.533. The predicted octanol–water partition coefficient (Wildman–Crippen LogP) is 2.08. The van der Waals surface area contributed by atoms with Crippen LogP contribution in [0.2, 0.25) is 0 Å². The number of hydrogen-bond acceptors (Lipinski definition) is 5. The smallest absolute Gasteiger partial charge is 0.165 e. The van der Waals surface area contributed by atoms with Gasteiger partial charge in [-0.3, -0.25) is 4.99 Å². The molecule has 21 heavy (non-hydrogen) atoms. The molecular weight excluding hydrogens is 288 g/mol. The standard InChI is InChI=1S/C15H22N2O3S/c1-10(2)20-13-8-6-5-7-11(13)12-9-21(18,19)15(3,4)14(16)17-12/h5-8,10,12H,9H2,1-4H3,(H2,16,17)/t12-/m0/s1. The van der Waals surface area contributed by atoms with Gasteiger partial charge in [0.2, 0.25) is 0 Å². The lowest BCUT2D eigenvalue weighted by Gasteiger charge is -2.32. The van der Waals surface area contributed by atoms with Crippen molar-refractivity contribution in [3.8, 4) is 5.75 Å². The summed E-state index contributed by atoms with van der Waals surface area (Å²) in [6, 6.07) is 6.86. The number of ether oxygens (including phenoxy) is 1. The van der Waals surface area contributed by atoms with Crippen molar-refractivity contribution in [3.63, 3.8) is 0 Å². The molecule has 6 heteroatoms. The average molecular weight is 310 g/mol. The zero-order valence-electron chi connectivity index (χ0n) is 12.8. The molecule has 0 aliphatic carbocycles. The summed E-state index contributed by atoms with van der Waals surface area (Å²) in [6.45, 7) is 7.03. The van der Waals surface area contributed by atoms with Crippen molar-refractivity contribution in [3.05, 3.63) is 29.8 Å². The molecule has 1 aromatic carbocycles.